The number of carbonyl (C=O) groups excluding carboxylic acids is 3. The lowest BCUT2D eigenvalue weighted by atomic mass is 9.95. The Morgan fingerprint density at radius 3 is 2.06 bits per heavy atom. The minimum Gasteiger partial charge on any atom is -0.343 e. The van der Waals surface area contributed by atoms with Crippen LogP contribution in [0, 0.1) is 5.92 Å². The van der Waals surface area contributed by atoms with Crippen molar-refractivity contribution in [2.24, 2.45) is 5.92 Å². The number of nitrogens with zero attached hydrogens (tertiary/aromatic N) is 1. The topological polar surface area (TPSA) is 78.5 Å². The van der Waals surface area contributed by atoms with E-state index in [4.69, 9.17) is 11.6 Å². The van der Waals surface area contributed by atoms with Gasteiger partial charge in [-0.3, -0.25) is 14.4 Å². The standard InChI is InChI=1S/C28H28ClN3O3/c29-23-13-11-21(12-14-23)27(34)30-24-8-4-5-9-25(24)31-28(35)22-16-18-32(19-17-22)26(33)15-10-20-6-2-1-3-7-20/h1-9,11-14,22H,10,15-19H2,(H,30,34)(H,31,35). The smallest absolute Gasteiger partial charge is 0.255 e. The van der Waals surface area contributed by atoms with Gasteiger partial charge in [0.15, 0.2) is 0 Å². The molecule has 4 rings (SSSR count). The Bertz CT molecular complexity index is 1170. The van der Waals surface area contributed by atoms with Gasteiger partial charge in [0.1, 0.15) is 0 Å². The van der Waals surface area contributed by atoms with Gasteiger partial charge in [-0.05, 0) is 61.2 Å². The van der Waals surface area contributed by atoms with Crippen molar-refractivity contribution in [3.05, 3.63) is 95.0 Å². The fourth-order valence-electron chi connectivity index (χ4n) is 4.18. The van der Waals surface area contributed by atoms with Crippen LogP contribution in [0.4, 0.5) is 11.4 Å². The van der Waals surface area contributed by atoms with E-state index in [0.29, 0.717) is 54.3 Å². The molecule has 0 spiro atoms. The summed E-state index contributed by atoms with van der Waals surface area (Å²) in [6.45, 7) is 1.14. The highest BCUT2D eigenvalue weighted by atomic mass is 35.5. The number of piperidine rings is 1. The molecule has 0 saturated carbocycles. The fraction of sp³-hybridized carbons (Fsp3) is 0.250. The Labute approximate surface area is 210 Å². The van der Waals surface area contributed by atoms with Crippen LogP contribution in [-0.2, 0) is 16.0 Å². The number of nitrogens with one attached hydrogen (secondary N) is 2. The first kappa shape index (κ1) is 24.5. The molecule has 0 atom stereocenters. The minimum absolute atomic E-state index is 0.102. The third kappa shape index (κ3) is 6.70. The van der Waals surface area contributed by atoms with Crippen molar-refractivity contribution in [1.29, 1.82) is 0 Å². The van der Waals surface area contributed by atoms with E-state index >= 15 is 0 Å². The summed E-state index contributed by atoms with van der Waals surface area (Å²) in [5, 5.41) is 6.37. The van der Waals surface area contributed by atoms with Crippen molar-refractivity contribution < 1.29 is 14.4 Å². The van der Waals surface area contributed by atoms with Crippen molar-refractivity contribution in [3.63, 3.8) is 0 Å². The van der Waals surface area contributed by atoms with E-state index in [1.54, 1.807) is 42.5 Å². The van der Waals surface area contributed by atoms with Crippen molar-refractivity contribution in [2.75, 3.05) is 23.7 Å². The molecule has 0 radical (unpaired) electrons. The zero-order chi connectivity index (χ0) is 24.6. The molecule has 6 nitrogen and oxygen atoms in total. The molecule has 180 valence electrons. The molecule has 1 aliphatic heterocycles. The lowest BCUT2D eigenvalue weighted by Crippen LogP contribution is -2.41. The second kappa shape index (κ2) is 11.7. The average Bonchev–Trinajstić information content (AvgIpc) is 2.89. The molecule has 3 aromatic rings. The molecule has 3 amide bonds. The zero-order valence-electron chi connectivity index (χ0n) is 19.4. The number of amides is 3. The fourth-order valence-corrected chi connectivity index (χ4v) is 4.30. The molecule has 0 aromatic heterocycles. The van der Waals surface area contributed by atoms with Gasteiger partial charge in [0.2, 0.25) is 11.8 Å². The molecule has 0 bridgehead atoms. The maximum Gasteiger partial charge on any atom is 0.255 e. The monoisotopic (exact) mass is 489 g/mol. The van der Waals surface area contributed by atoms with Crippen LogP contribution in [0.3, 0.4) is 0 Å². The number of rotatable bonds is 7. The Kier molecular flexibility index (Phi) is 8.16. The molecule has 0 unspecified atom stereocenters. The quantitative estimate of drug-likeness (QED) is 0.466. The van der Waals surface area contributed by atoms with Gasteiger partial charge in [-0.2, -0.15) is 0 Å². The second-order valence-electron chi connectivity index (χ2n) is 8.64. The van der Waals surface area contributed by atoms with Crippen molar-refractivity contribution >= 4 is 40.7 Å². The van der Waals surface area contributed by atoms with Gasteiger partial charge in [0.05, 0.1) is 11.4 Å². The van der Waals surface area contributed by atoms with E-state index < -0.39 is 0 Å². The number of carbonyl (C=O) groups is 3. The van der Waals surface area contributed by atoms with Gasteiger partial charge >= 0.3 is 0 Å². The van der Waals surface area contributed by atoms with Crippen LogP contribution < -0.4 is 10.6 Å². The van der Waals surface area contributed by atoms with Gasteiger partial charge in [-0.15, -0.1) is 0 Å². The normalized spacial score (nSPS) is 13.8. The summed E-state index contributed by atoms with van der Waals surface area (Å²) in [5.41, 5.74) is 2.69. The van der Waals surface area contributed by atoms with Crippen molar-refractivity contribution in [3.8, 4) is 0 Å². The van der Waals surface area contributed by atoms with Crippen LogP contribution in [0.1, 0.15) is 35.2 Å². The Hall–Kier alpha value is -3.64. The Balaban J connectivity index is 1.29. The van der Waals surface area contributed by atoms with E-state index in [-0.39, 0.29) is 23.6 Å². The lowest BCUT2D eigenvalue weighted by Gasteiger charge is -2.31. The molecule has 3 aromatic carbocycles. The summed E-state index contributed by atoms with van der Waals surface area (Å²) in [4.78, 5) is 40.0. The Morgan fingerprint density at radius 2 is 1.40 bits per heavy atom. The van der Waals surface area contributed by atoms with Crippen LogP contribution >= 0.6 is 11.6 Å². The lowest BCUT2D eigenvalue weighted by molar-refractivity contribution is -0.134. The maximum absolute atomic E-state index is 13.0. The molecular formula is C28H28ClN3O3. The first-order valence-corrected chi connectivity index (χ1v) is 12.2. The summed E-state index contributed by atoms with van der Waals surface area (Å²) in [6, 6.07) is 23.7. The molecule has 0 aliphatic carbocycles. The van der Waals surface area contributed by atoms with E-state index in [9.17, 15) is 14.4 Å². The van der Waals surface area contributed by atoms with Crippen molar-refractivity contribution in [2.45, 2.75) is 25.7 Å². The number of hydrogen-bond donors (Lipinski definition) is 2. The number of para-hydroxylation sites is 2. The minimum atomic E-state index is -0.286. The first-order chi connectivity index (χ1) is 17.0. The highest BCUT2D eigenvalue weighted by molar-refractivity contribution is 6.30. The van der Waals surface area contributed by atoms with Crippen molar-refractivity contribution in [1.82, 2.24) is 4.90 Å². The van der Waals surface area contributed by atoms with Gasteiger partial charge in [0, 0.05) is 36.0 Å². The molecular weight excluding hydrogens is 462 g/mol. The predicted octanol–water partition coefficient (Wildman–Crippen LogP) is 5.40. The van der Waals surface area contributed by atoms with Gasteiger partial charge in [0.25, 0.3) is 5.91 Å². The third-order valence-electron chi connectivity index (χ3n) is 6.23. The summed E-state index contributed by atoms with van der Waals surface area (Å²) in [5.74, 6) is -0.448. The van der Waals surface area contributed by atoms with E-state index in [2.05, 4.69) is 10.6 Å². The summed E-state index contributed by atoms with van der Waals surface area (Å²) < 4.78 is 0. The molecule has 35 heavy (non-hydrogen) atoms. The van der Waals surface area contributed by atoms with Gasteiger partial charge in [-0.1, -0.05) is 54.1 Å². The molecule has 1 aliphatic rings. The van der Waals surface area contributed by atoms with E-state index in [0.717, 1.165) is 12.0 Å². The zero-order valence-corrected chi connectivity index (χ0v) is 20.1. The van der Waals surface area contributed by atoms with Gasteiger partial charge < -0.3 is 15.5 Å². The number of anilines is 2. The highest BCUT2D eigenvalue weighted by Gasteiger charge is 2.27. The average molecular weight is 490 g/mol. The summed E-state index contributed by atoms with van der Waals surface area (Å²) in [6.07, 6.45) is 2.42. The summed E-state index contributed by atoms with van der Waals surface area (Å²) >= 11 is 5.90. The largest absolute Gasteiger partial charge is 0.343 e. The molecule has 2 N–H and O–H groups in total. The van der Waals surface area contributed by atoms with Gasteiger partial charge in [-0.25, -0.2) is 0 Å². The highest BCUT2D eigenvalue weighted by Crippen LogP contribution is 2.25. The number of benzene rings is 3. The first-order valence-electron chi connectivity index (χ1n) is 11.8. The molecule has 1 heterocycles. The third-order valence-corrected chi connectivity index (χ3v) is 6.48. The van der Waals surface area contributed by atoms with Crippen LogP contribution in [0.15, 0.2) is 78.9 Å². The predicted molar refractivity (Wildman–Crippen MR) is 139 cm³/mol. The van der Waals surface area contributed by atoms with Crippen LogP contribution in [0.5, 0.6) is 0 Å². The molecule has 7 heteroatoms. The number of hydrogen-bond acceptors (Lipinski definition) is 3. The number of likely N-dealkylation sites (tertiary alicyclic amines) is 1. The molecule has 1 saturated heterocycles. The summed E-state index contributed by atoms with van der Waals surface area (Å²) in [7, 11) is 0. The Morgan fingerprint density at radius 1 is 0.800 bits per heavy atom. The second-order valence-corrected chi connectivity index (χ2v) is 9.07. The van der Waals surface area contributed by atoms with E-state index in [1.165, 1.54) is 0 Å². The SMILES string of the molecule is O=C(Nc1ccccc1NC(=O)C1CCN(C(=O)CCc2ccccc2)CC1)c1ccc(Cl)cc1. The number of aryl methyl sites for hydroxylation is 1. The van der Waals surface area contributed by atoms with Crippen LogP contribution in [-0.4, -0.2) is 35.7 Å². The van der Waals surface area contributed by atoms with Crippen LogP contribution in [0.25, 0.3) is 0 Å². The van der Waals surface area contributed by atoms with Crippen LogP contribution in [0.2, 0.25) is 5.02 Å². The molecule has 1 fully saturated rings. The maximum atomic E-state index is 13.0. The van der Waals surface area contributed by atoms with E-state index in [1.807, 2.05) is 41.3 Å². The number of halogens is 1.